The summed E-state index contributed by atoms with van der Waals surface area (Å²) in [4.78, 5) is 23.7. The second-order valence-corrected chi connectivity index (χ2v) is 4.70. The molecule has 2 N–H and O–H groups in total. The average molecular weight is 282 g/mol. The van der Waals surface area contributed by atoms with Crippen LogP contribution in [0.5, 0.6) is 0 Å². The van der Waals surface area contributed by atoms with Crippen LogP contribution in [0.15, 0.2) is 54.6 Å². The van der Waals surface area contributed by atoms with E-state index in [1.807, 2.05) is 37.3 Å². The van der Waals surface area contributed by atoms with Crippen molar-refractivity contribution in [2.75, 3.05) is 10.6 Å². The van der Waals surface area contributed by atoms with Crippen molar-refractivity contribution in [2.24, 2.45) is 0 Å². The Morgan fingerprint density at radius 2 is 1.62 bits per heavy atom. The first kappa shape index (κ1) is 14.8. The highest BCUT2D eigenvalue weighted by Gasteiger charge is 2.08. The lowest BCUT2D eigenvalue weighted by molar-refractivity contribution is -0.116. The van der Waals surface area contributed by atoms with E-state index >= 15 is 0 Å². The standard InChI is InChI=1S/C17H18N2O2/c1-2-7-16(20)18-15-11-6-8-13(12-15)17(21)19-14-9-4-3-5-10-14/h3-6,8-12H,2,7H2,1H3,(H,18,20)(H,19,21). The maximum atomic E-state index is 12.2. The molecule has 0 atom stereocenters. The van der Waals surface area contributed by atoms with Gasteiger partial charge in [-0.2, -0.15) is 0 Å². The van der Waals surface area contributed by atoms with Crippen molar-refractivity contribution >= 4 is 23.2 Å². The van der Waals surface area contributed by atoms with Gasteiger partial charge in [-0.25, -0.2) is 0 Å². The first-order chi connectivity index (χ1) is 10.2. The highest BCUT2D eigenvalue weighted by Crippen LogP contribution is 2.14. The molecule has 0 spiro atoms. The number of para-hydroxylation sites is 1. The van der Waals surface area contributed by atoms with Gasteiger partial charge in [0.25, 0.3) is 5.91 Å². The molecule has 0 unspecified atom stereocenters. The molecule has 0 heterocycles. The molecule has 0 aromatic heterocycles. The van der Waals surface area contributed by atoms with Crippen molar-refractivity contribution in [3.8, 4) is 0 Å². The molecule has 2 rings (SSSR count). The van der Waals surface area contributed by atoms with Crippen LogP contribution in [0.1, 0.15) is 30.1 Å². The van der Waals surface area contributed by atoms with Crippen LogP contribution in [0.25, 0.3) is 0 Å². The molecule has 0 aliphatic rings. The fourth-order valence-electron chi connectivity index (χ4n) is 1.91. The number of amides is 2. The van der Waals surface area contributed by atoms with Gasteiger partial charge in [-0.1, -0.05) is 31.2 Å². The van der Waals surface area contributed by atoms with Crippen LogP contribution in [-0.4, -0.2) is 11.8 Å². The Bertz CT molecular complexity index is 624. The number of rotatable bonds is 5. The molecule has 2 aromatic carbocycles. The summed E-state index contributed by atoms with van der Waals surface area (Å²) in [6.07, 6.45) is 1.26. The number of carbonyl (C=O) groups is 2. The maximum Gasteiger partial charge on any atom is 0.255 e. The van der Waals surface area contributed by atoms with Crippen LogP contribution in [0.4, 0.5) is 11.4 Å². The van der Waals surface area contributed by atoms with Crippen molar-refractivity contribution < 1.29 is 9.59 Å². The van der Waals surface area contributed by atoms with Crippen molar-refractivity contribution in [1.29, 1.82) is 0 Å². The van der Waals surface area contributed by atoms with Gasteiger partial charge < -0.3 is 10.6 Å². The second kappa shape index (κ2) is 7.24. The third-order valence-electron chi connectivity index (χ3n) is 2.92. The first-order valence-corrected chi connectivity index (χ1v) is 6.95. The van der Waals surface area contributed by atoms with E-state index < -0.39 is 0 Å². The normalized spacial score (nSPS) is 9.95. The van der Waals surface area contributed by atoms with Crippen LogP contribution < -0.4 is 10.6 Å². The summed E-state index contributed by atoms with van der Waals surface area (Å²) in [6, 6.07) is 16.2. The molecule has 108 valence electrons. The van der Waals surface area contributed by atoms with E-state index in [-0.39, 0.29) is 11.8 Å². The minimum Gasteiger partial charge on any atom is -0.326 e. The Labute approximate surface area is 124 Å². The van der Waals surface area contributed by atoms with Gasteiger partial charge in [0.05, 0.1) is 0 Å². The van der Waals surface area contributed by atoms with E-state index in [4.69, 9.17) is 0 Å². The summed E-state index contributed by atoms with van der Waals surface area (Å²) in [5.74, 6) is -0.245. The van der Waals surface area contributed by atoms with E-state index in [0.717, 1.165) is 12.1 Å². The summed E-state index contributed by atoms with van der Waals surface area (Å²) >= 11 is 0. The lowest BCUT2D eigenvalue weighted by Gasteiger charge is -2.08. The molecule has 2 amide bonds. The lowest BCUT2D eigenvalue weighted by Crippen LogP contribution is -2.14. The predicted octanol–water partition coefficient (Wildman–Crippen LogP) is 3.68. The number of hydrogen-bond acceptors (Lipinski definition) is 2. The van der Waals surface area contributed by atoms with Gasteiger partial charge >= 0.3 is 0 Å². The van der Waals surface area contributed by atoms with Gasteiger partial charge in [0.15, 0.2) is 0 Å². The Kier molecular flexibility index (Phi) is 5.10. The first-order valence-electron chi connectivity index (χ1n) is 6.95. The van der Waals surface area contributed by atoms with E-state index in [2.05, 4.69) is 10.6 Å². The summed E-state index contributed by atoms with van der Waals surface area (Å²) in [6.45, 7) is 1.95. The van der Waals surface area contributed by atoms with Gasteiger partial charge in [-0.3, -0.25) is 9.59 Å². The average Bonchev–Trinajstić information content (AvgIpc) is 2.48. The van der Waals surface area contributed by atoms with Crippen molar-refractivity contribution in [1.82, 2.24) is 0 Å². The van der Waals surface area contributed by atoms with Crippen molar-refractivity contribution in [2.45, 2.75) is 19.8 Å². The lowest BCUT2D eigenvalue weighted by atomic mass is 10.1. The van der Waals surface area contributed by atoms with Gasteiger partial charge in [0.2, 0.25) is 5.91 Å². The van der Waals surface area contributed by atoms with Crippen LogP contribution >= 0.6 is 0 Å². The third-order valence-corrected chi connectivity index (χ3v) is 2.92. The zero-order chi connectivity index (χ0) is 15.1. The molecule has 0 aliphatic heterocycles. The van der Waals surface area contributed by atoms with Crippen molar-refractivity contribution in [3.05, 3.63) is 60.2 Å². The van der Waals surface area contributed by atoms with Gasteiger partial charge in [-0.15, -0.1) is 0 Å². The molecule has 0 bridgehead atoms. The maximum absolute atomic E-state index is 12.2. The van der Waals surface area contributed by atoms with E-state index in [1.165, 1.54) is 0 Å². The number of anilines is 2. The molecule has 4 heteroatoms. The summed E-state index contributed by atoms with van der Waals surface area (Å²) in [5, 5.41) is 5.60. The highest BCUT2D eigenvalue weighted by atomic mass is 16.2. The summed E-state index contributed by atoms with van der Waals surface area (Å²) in [5.41, 5.74) is 1.88. The van der Waals surface area contributed by atoms with E-state index in [9.17, 15) is 9.59 Å². The highest BCUT2D eigenvalue weighted by molar-refractivity contribution is 6.05. The summed E-state index contributed by atoms with van der Waals surface area (Å²) in [7, 11) is 0. The Balaban J connectivity index is 2.06. The fourth-order valence-corrected chi connectivity index (χ4v) is 1.91. The molecule has 0 saturated heterocycles. The van der Waals surface area contributed by atoms with Gasteiger partial charge in [-0.05, 0) is 36.8 Å². The zero-order valence-electron chi connectivity index (χ0n) is 11.9. The third kappa shape index (κ3) is 4.45. The van der Waals surface area contributed by atoms with Crippen LogP contribution in [-0.2, 0) is 4.79 Å². The van der Waals surface area contributed by atoms with Crippen LogP contribution in [0, 0.1) is 0 Å². The molecule has 0 radical (unpaired) electrons. The molecule has 0 fully saturated rings. The topological polar surface area (TPSA) is 58.2 Å². The number of nitrogens with one attached hydrogen (secondary N) is 2. The van der Waals surface area contributed by atoms with E-state index in [1.54, 1.807) is 24.3 Å². The number of carbonyl (C=O) groups excluding carboxylic acids is 2. The minimum absolute atomic E-state index is 0.0434. The number of benzene rings is 2. The van der Waals surface area contributed by atoms with Gasteiger partial charge in [0.1, 0.15) is 0 Å². The monoisotopic (exact) mass is 282 g/mol. The molecule has 4 nitrogen and oxygen atoms in total. The molecule has 0 aliphatic carbocycles. The zero-order valence-corrected chi connectivity index (χ0v) is 11.9. The molecule has 21 heavy (non-hydrogen) atoms. The Morgan fingerprint density at radius 3 is 2.33 bits per heavy atom. The fraction of sp³-hybridized carbons (Fsp3) is 0.176. The largest absolute Gasteiger partial charge is 0.326 e. The SMILES string of the molecule is CCCC(=O)Nc1cccc(C(=O)Nc2ccccc2)c1. The minimum atomic E-state index is -0.201. The second-order valence-electron chi connectivity index (χ2n) is 4.70. The van der Waals surface area contributed by atoms with Crippen LogP contribution in [0.3, 0.4) is 0 Å². The van der Waals surface area contributed by atoms with Gasteiger partial charge in [0, 0.05) is 23.4 Å². The quantitative estimate of drug-likeness (QED) is 0.879. The van der Waals surface area contributed by atoms with E-state index in [0.29, 0.717) is 17.7 Å². The van der Waals surface area contributed by atoms with Crippen molar-refractivity contribution in [3.63, 3.8) is 0 Å². The Hall–Kier alpha value is -2.62. The number of hydrogen-bond donors (Lipinski definition) is 2. The smallest absolute Gasteiger partial charge is 0.255 e. The molecular weight excluding hydrogens is 264 g/mol. The molecule has 0 saturated carbocycles. The molecular formula is C17H18N2O2. The molecule has 2 aromatic rings. The van der Waals surface area contributed by atoms with Crippen LogP contribution in [0.2, 0.25) is 0 Å². The predicted molar refractivity (Wildman–Crippen MR) is 84.4 cm³/mol. The summed E-state index contributed by atoms with van der Waals surface area (Å²) < 4.78 is 0. The Morgan fingerprint density at radius 1 is 0.905 bits per heavy atom.